The fourth-order valence-corrected chi connectivity index (χ4v) is 2.74. The standard InChI is InChI=1S/C18H25ClN2/c1-11(2)15(19)16-12(3)20-17(21-16)13-9-7-8-10-14(13)18(4,5)6/h7-11,15H,1-6H3,(H,20,21). The van der Waals surface area contributed by atoms with Crippen molar-refractivity contribution in [1.29, 1.82) is 0 Å². The van der Waals surface area contributed by atoms with Crippen LogP contribution in [0, 0.1) is 12.8 Å². The van der Waals surface area contributed by atoms with E-state index in [4.69, 9.17) is 16.6 Å². The van der Waals surface area contributed by atoms with Crippen LogP contribution < -0.4 is 0 Å². The van der Waals surface area contributed by atoms with Crippen LogP contribution in [0.3, 0.4) is 0 Å². The van der Waals surface area contributed by atoms with Crippen LogP contribution in [-0.4, -0.2) is 9.97 Å². The monoisotopic (exact) mass is 304 g/mol. The fourth-order valence-electron chi connectivity index (χ4n) is 2.53. The van der Waals surface area contributed by atoms with Gasteiger partial charge in [-0.2, -0.15) is 0 Å². The predicted molar refractivity (Wildman–Crippen MR) is 90.9 cm³/mol. The number of aromatic amines is 1. The summed E-state index contributed by atoms with van der Waals surface area (Å²) in [4.78, 5) is 8.20. The highest BCUT2D eigenvalue weighted by atomic mass is 35.5. The minimum atomic E-state index is -0.0585. The zero-order valence-electron chi connectivity index (χ0n) is 13.8. The molecule has 0 saturated heterocycles. The molecule has 0 aliphatic carbocycles. The summed E-state index contributed by atoms with van der Waals surface area (Å²) in [7, 11) is 0. The first-order chi connectivity index (χ1) is 9.71. The minimum Gasteiger partial charge on any atom is -0.342 e. The molecule has 0 amide bonds. The van der Waals surface area contributed by atoms with Crippen molar-refractivity contribution >= 4 is 11.6 Å². The van der Waals surface area contributed by atoms with Crippen LogP contribution >= 0.6 is 11.6 Å². The van der Waals surface area contributed by atoms with E-state index in [2.05, 4.69) is 63.9 Å². The van der Waals surface area contributed by atoms with Gasteiger partial charge >= 0.3 is 0 Å². The second kappa shape index (κ2) is 5.84. The lowest BCUT2D eigenvalue weighted by Gasteiger charge is -2.22. The Labute approximate surface area is 133 Å². The molecule has 114 valence electrons. The Balaban J connectivity index is 2.52. The number of alkyl halides is 1. The molecule has 2 nitrogen and oxygen atoms in total. The quantitative estimate of drug-likeness (QED) is 0.733. The van der Waals surface area contributed by atoms with E-state index < -0.39 is 0 Å². The van der Waals surface area contributed by atoms with Crippen LogP contribution in [0.4, 0.5) is 0 Å². The molecule has 1 unspecified atom stereocenters. The Bertz CT molecular complexity index is 620. The van der Waals surface area contributed by atoms with Gasteiger partial charge in [-0.15, -0.1) is 11.6 Å². The third kappa shape index (κ3) is 3.32. The number of hydrogen-bond acceptors (Lipinski definition) is 1. The number of nitrogens with one attached hydrogen (secondary N) is 1. The van der Waals surface area contributed by atoms with E-state index >= 15 is 0 Å². The maximum atomic E-state index is 6.49. The molecule has 1 aromatic heterocycles. The van der Waals surface area contributed by atoms with Gasteiger partial charge in [0.25, 0.3) is 0 Å². The maximum Gasteiger partial charge on any atom is 0.138 e. The first kappa shape index (κ1) is 16.1. The molecule has 1 N–H and O–H groups in total. The lowest BCUT2D eigenvalue weighted by atomic mass is 9.83. The van der Waals surface area contributed by atoms with E-state index in [-0.39, 0.29) is 10.8 Å². The Morgan fingerprint density at radius 3 is 2.33 bits per heavy atom. The number of aromatic nitrogens is 2. The molecule has 3 heteroatoms. The molecule has 2 rings (SSSR count). The minimum absolute atomic E-state index is 0.0585. The molecule has 0 radical (unpaired) electrons. The van der Waals surface area contributed by atoms with Crippen molar-refractivity contribution in [3.8, 4) is 11.4 Å². The molecule has 0 saturated carbocycles. The number of halogens is 1. The number of imidazole rings is 1. The van der Waals surface area contributed by atoms with Gasteiger partial charge in [-0.25, -0.2) is 4.98 Å². The number of hydrogen-bond donors (Lipinski definition) is 1. The van der Waals surface area contributed by atoms with Crippen molar-refractivity contribution in [2.75, 3.05) is 0 Å². The van der Waals surface area contributed by atoms with Crippen LogP contribution in [0.15, 0.2) is 24.3 Å². The molecule has 0 fully saturated rings. The number of benzene rings is 1. The molecule has 1 heterocycles. The zero-order valence-corrected chi connectivity index (χ0v) is 14.5. The molecule has 0 bridgehead atoms. The van der Waals surface area contributed by atoms with E-state index in [0.717, 1.165) is 22.8 Å². The highest BCUT2D eigenvalue weighted by Gasteiger charge is 2.23. The van der Waals surface area contributed by atoms with Gasteiger partial charge < -0.3 is 4.98 Å². The summed E-state index contributed by atoms with van der Waals surface area (Å²) in [6.07, 6.45) is 0. The van der Waals surface area contributed by atoms with Crippen molar-refractivity contribution in [2.45, 2.75) is 52.3 Å². The van der Waals surface area contributed by atoms with Gasteiger partial charge in [-0.1, -0.05) is 58.9 Å². The lowest BCUT2D eigenvalue weighted by molar-refractivity contribution is 0.591. The topological polar surface area (TPSA) is 28.7 Å². The average Bonchev–Trinajstić information content (AvgIpc) is 2.78. The van der Waals surface area contributed by atoms with E-state index in [1.54, 1.807) is 0 Å². The van der Waals surface area contributed by atoms with Gasteiger partial charge in [-0.05, 0) is 23.8 Å². The SMILES string of the molecule is Cc1[nH]c(-c2ccccc2C(C)(C)C)nc1C(Cl)C(C)C. The normalized spacial score (nSPS) is 13.7. The van der Waals surface area contributed by atoms with Crippen molar-refractivity contribution < 1.29 is 0 Å². The summed E-state index contributed by atoms with van der Waals surface area (Å²) in [5.41, 5.74) is 4.55. The van der Waals surface area contributed by atoms with Gasteiger partial charge in [0.05, 0.1) is 11.1 Å². The maximum absolute atomic E-state index is 6.49. The van der Waals surface area contributed by atoms with Crippen LogP contribution in [0.2, 0.25) is 0 Å². The van der Waals surface area contributed by atoms with Gasteiger partial charge in [0, 0.05) is 11.3 Å². The molecule has 0 spiro atoms. The number of H-pyrrole nitrogens is 1. The van der Waals surface area contributed by atoms with Crippen LogP contribution in [0.5, 0.6) is 0 Å². The smallest absolute Gasteiger partial charge is 0.138 e. The predicted octanol–water partition coefficient (Wildman–Crippen LogP) is 5.62. The summed E-state index contributed by atoms with van der Waals surface area (Å²) in [6.45, 7) is 13.0. The first-order valence-corrected chi connectivity index (χ1v) is 7.96. The summed E-state index contributed by atoms with van der Waals surface area (Å²) in [5.74, 6) is 1.28. The second-order valence-corrected chi connectivity index (χ2v) is 7.51. The van der Waals surface area contributed by atoms with Crippen molar-refractivity contribution in [1.82, 2.24) is 9.97 Å². The molecule has 0 aliphatic heterocycles. The van der Waals surface area contributed by atoms with Crippen molar-refractivity contribution in [3.05, 3.63) is 41.2 Å². The largest absolute Gasteiger partial charge is 0.342 e. The average molecular weight is 305 g/mol. The number of nitrogens with zero attached hydrogens (tertiary/aromatic N) is 1. The molecule has 2 aromatic rings. The second-order valence-electron chi connectivity index (χ2n) is 7.04. The Morgan fingerprint density at radius 1 is 1.14 bits per heavy atom. The highest BCUT2D eigenvalue weighted by molar-refractivity contribution is 6.20. The molecule has 21 heavy (non-hydrogen) atoms. The van der Waals surface area contributed by atoms with Crippen LogP contribution in [0.25, 0.3) is 11.4 Å². The molecule has 0 aliphatic rings. The summed E-state index contributed by atoms with van der Waals surface area (Å²) in [6, 6.07) is 8.44. The lowest BCUT2D eigenvalue weighted by Crippen LogP contribution is -2.12. The van der Waals surface area contributed by atoms with Crippen LogP contribution in [0.1, 0.15) is 56.9 Å². The summed E-state index contributed by atoms with van der Waals surface area (Å²) < 4.78 is 0. The molecular weight excluding hydrogens is 280 g/mol. The number of rotatable bonds is 3. The van der Waals surface area contributed by atoms with Gasteiger partial charge in [-0.3, -0.25) is 0 Å². The van der Waals surface area contributed by atoms with Gasteiger partial charge in [0.2, 0.25) is 0 Å². The van der Waals surface area contributed by atoms with E-state index in [9.17, 15) is 0 Å². The Kier molecular flexibility index (Phi) is 4.48. The first-order valence-electron chi connectivity index (χ1n) is 7.52. The molecule has 1 aromatic carbocycles. The summed E-state index contributed by atoms with van der Waals surface area (Å²) in [5, 5.41) is -0.0585. The van der Waals surface area contributed by atoms with Crippen molar-refractivity contribution in [3.63, 3.8) is 0 Å². The van der Waals surface area contributed by atoms with Crippen LogP contribution in [-0.2, 0) is 5.41 Å². The van der Waals surface area contributed by atoms with E-state index in [1.165, 1.54) is 5.56 Å². The van der Waals surface area contributed by atoms with E-state index in [1.807, 2.05) is 6.92 Å². The Morgan fingerprint density at radius 2 is 1.76 bits per heavy atom. The Hall–Kier alpha value is -1.28. The summed E-state index contributed by atoms with van der Waals surface area (Å²) >= 11 is 6.49. The number of aryl methyl sites for hydroxylation is 1. The fraction of sp³-hybridized carbons (Fsp3) is 0.500. The third-order valence-electron chi connectivity index (χ3n) is 3.76. The molecule has 1 atom stereocenters. The van der Waals surface area contributed by atoms with Crippen molar-refractivity contribution in [2.24, 2.45) is 5.92 Å². The molecular formula is C18H25ClN2. The van der Waals surface area contributed by atoms with Gasteiger partial charge in [0.15, 0.2) is 0 Å². The zero-order chi connectivity index (χ0) is 15.8. The third-order valence-corrected chi connectivity index (χ3v) is 4.47. The highest BCUT2D eigenvalue weighted by Crippen LogP contribution is 2.35. The van der Waals surface area contributed by atoms with Gasteiger partial charge in [0.1, 0.15) is 5.82 Å². The van der Waals surface area contributed by atoms with E-state index in [0.29, 0.717) is 5.92 Å².